The van der Waals surface area contributed by atoms with Gasteiger partial charge in [0.2, 0.25) is 0 Å². The van der Waals surface area contributed by atoms with Gasteiger partial charge in [-0.25, -0.2) is 4.39 Å². The molecule has 0 amide bonds. The lowest BCUT2D eigenvalue weighted by atomic mass is 9.93. The lowest BCUT2D eigenvalue weighted by molar-refractivity contribution is 0.242. The van der Waals surface area contributed by atoms with Crippen molar-refractivity contribution in [3.05, 3.63) is 29.6 Å². The second-order valence-electron chi connectivity index (χ2n) is 4.95. The van der Waals surface area contributed by atoms with Gasteiger partial charge >= 0.3 is 0 Å². The van der Waals surface area contributed by atoms with Gasteiger partial charge in [-0.15, -0.1) is 0 Å². The SMILES string of the molecule is CC(C)(C)CCOc1cc(F)cc(C#N)c1. The minimum atomic E-state index is -0.440. The Morgan fingerprint density at radius 1 is 1.31 bits per heavy atom. The van der Waals surface area contributed by atoms with Crippen LogP contribution in [0.3, 0.4) is 0 Å². The minimum Gasteiger partial charge on any atom is -0.493 e. The van der Waals surface area contributed by atoms with E-state index in [4.69, 9.17) is 10.00 Å². The van der Waals surface area contributed by atoms with Gasteiger partial charge < -0.3 is 4.74 Å². The van der Waals surface area contributed by atoms with E-state index in [0.29, 0.717) is 12.4 Å². The number of hydrogen-bond acceptors (Lipinski definition) is 2. The zero-order valence-electron chi connectivity index (χ0n) is 9.88. The fourth-order valence-corrected chi connectivity index (χ4v) is 1.19. The normalized spacial score (nSPS) is 10.9. The molecule has 0 aliphatic heterocycles. The van der Waals surface area contributed by atoms with Crippen LogP contribution in [0.4, 0.5) is 4.39 Å². The van der Waals surface area contributed by atoms with Gasteiger partial charge in [-0.2, -0.15) is 5.26 Å². The van der Waals surface area contributed by atoms with Crippen molar-refractivity contribution in [2.75, 3.05) is 6.61 Å². The van der Waals surface area contributed by atoms with Gasteiger partial charge in [0.25, 0.3) is 0 Å². The van der Waals surface area contributed by atoms with Crippen molar-refractivity contribution in [2.24, 2.45) is 5.41 Å². The summed E-state index contributed by atoms with van der Waals surface area (Å²) in [6.45, 7) is 6.87. The zero-order valence-corrected chi connectivity index (χ0v) is 9.88. The highest BCUT2D eigenvalue weighted by Crippen LogP contribution is 2.20. The highest BCUT2D eigenvalue weighted by molar-refractivity contribution is 5.36. The van der Waals surface area contributed by atoms with E-state index < -0.39 is 5.82 Å². The number of halogens is 1. The Morgan fingerprint density at radius 3 is 2.56 bits per heavy atom. The molecule has 1 aromatic carbocycles. The molecule has 2 nitrogen and oxygen atoms in total. The van der Waals surface area contributed by atoms with Crippen molar-refractivity contribution < 1.29 is 9.13 Å². The maximum atomic E-state index is 13.0. The van der Waals surface area contributed by atoms with Crippen molar-refractivity contribution in [2.45, 2.75) is 27.2 Å². The van der Waals surface area contributed by atoms with Crippen LogP contribution in [0, 0.1) is 22.6 Å². The Bertz CT molecular complexity index is 401. The molecule has 0 unspecified atom stereocenters. The molecule has 0 N–H and O–H groups in total. The third-order valence-corrected chi connectivity index (χ3v) is 2.12. The maximum absolute atomic E-state index is 13.0. The van der Waals surface area contributed by atoms with Gasteiger partial charge in [-0.3, -0.25) is 0 Å². The van der Waals surface area contributed by atoms with Gasteiger partial charge in [0.1, 0.15) is 11.6 Å². The van der Waals surface area contributed by atoms with E-state index in [-0.39, 0.29) is 11.0 Å². The predicted molar refractivity (Wildman–Crippen MR) is 60.7 cm³/mol. The van der Waals surface area contributed by atoms with Gasteiger partial charge in [0, 0.05) is 6.07 Å². The molecule has 1 rings (SSSR count). The Balaban J connectivity index is 2.61. The van der Waals surface area contributed by atoms with Crippen molar-refractivity contribution in [3.8, 4) is 11.8 Å². The Hall–Kier alpha value is -1.56. The molecule has 3 heteroatoms. The largest absolute Gasteiger partial charge is 0.493 e. The summed E-state index contributed by atoms with van der Waals surface area (Å²) >= 11 is 0. The highest BCUT2D eigenvalue weighted by Gasteiger charge is 2.10. The first kappa shape index (κ1) is 12.5. The lowest BCUT2D eigenvalue weighted by Crippen LogP contribution is -2.11. The van der Waals surface area contributed by atoms with Crippen molar-refractivity contribution in [3.63, 3.8) is 0 Å². The molecule has 16 heavy (non-hydrogen) atoms. The molecule has 0 bridgehead atoms. The van der Waals surface area contributed by atoms with Gasteiger partial charge in [0.05, 0.1) is 18.2 Å². The molecule has 0 saturated carbocycles. The van der Waals surface area contributed by atoms with E-state index in [1.54, 1.807) is 6.07 Å². The summed E-state index contributed by atoms with van der Waals surface area (Å²) in [5, 5.41) is 8.67. The summed E-state index contributed by atoms with van der Waals surface area (Å²) in [5.74, 6) is -0.0226. The number of nitriles is 1. The topological polar surface area (TPSA) is 33.0 Å². The lowest BCUT2D eigenvalue weighted by Gasteiger charge is -2.18. The molecule has 0 fully saturated rings. The molecule has 0 aromatic heterocycles. The third-order valence-electron chi connectivity index (χ3n) is 2.12. The molecule has 0 aliphatic rings. The highest BCUT2D eigenvalue weighted by atomic mass is 19.1. The van der Waals surface area contributed by atoms with Crippen LogP contribution < -0.4 is 4.74 Å². The molecular formula is C13H16FNO. The molecule has 0 atom stereocenters. The summed E-state index contributed by atoms with van der Waals surface area (Å²) in [6, 6.07) is 5.93. The van der Waals surface area contributed by atoms with Crippen LogP contribution in [-0.4, -0.2) is 6.61 Å². The summed E-state index contributed by atoms with van der Waals surface area (Å²) < 4.78 is 18.5. The summed E-state index contributed by atoms with van der Waals surface area (Å²) in [6.07, 6.45) is 0.880. The first-order chi connectivity index (χ1) is 7.40. The van der Waals surface area contributed by atoms with E-state index in [1.807, 2.05) is 6.07 Å². The monoisotopic (exact) mass is 221 g/mol. The third kappa shape index (κ3) is 4.31. The molecular weight excluding hydrogens is 205 g/mol. The number of benzene rings is 1. The van der Waals surface area contributed by atoms with Crippen LogP contribution in [0.2, 0.25) is 0 Å². The van der Waals surface area contributed by atoms with Crippen molar-refractivity contribution in [1.82, 2.24) is 0 Å². The van der Waals surface area contributed by atoms with Crippen LogP contribution in [-0.2, 0) is 0 Å². The quantitative estimate of drug-likeness (QED) is 0.782. The number of rotatable bonds is 3. The summed E-state index contributed by atoms with van der Waals surface area (Å²) in [5.41, 5.74) is 0.469. The van der Waals surface area contributed by atoms with E-state index in [2.05, 4.69) is 20.8 Å². The first-order valence-corrected chi connectivity index (χ1v) is 5.24. The van der Waals surface area contributed by atoms with E-state index in [1.165, 1.54) is 12.1 Å². The number of nitrogens with zero attached hydrogens (tertiary/aromatic N) is 1. The van der Waals surface area contributed by atoms with Crippen molar-refractivity contribution in [1.29, 1.82) is 5.26 Å². The number of hydrogen-bond donors (Lipinski definition) is 0. The Labute approximate surface area is 95.7 Å². The molecule has 1 aromatic rings. The minimum absolute atomic E-state index is 0.186. The average molecular weight is 221 g/mol. The second kappa shape index (κ2) is 4.98. The Morgan fingerprint density at radius 2 is 2.00 bits per heavy atom. The molecule has 0 aliphatic carbocycles. The predicted octanol–water partition coefficient (Wildman–Crippen LogP) is 3.51. The fourth-order valence-electron chi connectivity index (χ4n) is 1.19. The zero-order chi connectivity index (χ0) is 12.2. The average Bonchev–Trinajstić information content (AvgIpc) is 2.14. The first-order valence-electron chi connectivity index (χ1n) is 5.24. The van der Waals surface area contributed by atoms with E-state index in [9.17, 15) is 4.39 Å². The summed E-state index contributed by atoms with van der Waals surface area (Å²) in [7, 11) is 0. The molecule has 0 saturated heterocycles. The molecule has 0 spiro atoms. The summed E-state index contributed by atoms with van der Waals surface area (Å²) in [4.78, 5) is 0. The van der Waals surface area contributed by atoms with Crippen LogP contribution in [0.25, 0.3) is 0 Å². The van der Waals surface area contributed by atoms with E-state index in [0.717, 1.165) is 6.42 Å². The Kier molecular flexibility index (Phi) is 3.89. The van der Waals surface area contributed by atoms with Crippen LogP contribution in [0.5, 0.6) is 5.75 Å². The maximum Gasteiger partial charge on any atom is 0.128 e. The molecule has 86 valence electrons. The van der Waals surface area contributed by atoms with Crippen LogP contribution in [0.15, 0.2) is 18.2 Å². The van der Waals surface area contributed by atoms with Gasteiger partial charge in [-0.05, 0) is 24.0 Å². The fraction of sp³-hybridized carbons (Fsp3) is 0.462. The van der Waals surface area contributed by atoms with Crippen LogP contribution >= 0.6 is 0 Å². The second-order valence-corrected chi connectivity index (χ2v) is 4.95. The standard InChI is InChI=1S/C13H16FNO/c1-13(2,3)4-5-16-12-7-10(9-15)6-11(14)8-12/h6-8H,4-5H2,1-3H3. The van der Waals surface area contributed by atoms with Gasteiger partial charge in [0.15, 0.2) is 0 Å². The smallest absolute Gasteiger partial charge is 0.128 e. The molecule has 0 heterocycles. The van der Waals surface area contributed by atoms with E-state index >= 15 is 0 Å². The molecule has 0 radical (unpaired) electrons. The van der Waals surface area contributed by atoms with Crippen molar-refractivity contribution >= 4 is 0 Å². The number of ether oxygens (including phenoxy) is 1. The van der Waals surface area contributed by atoms with Gasteiger partial charge in [-0.1, -0.05) is 20.8 Å². The van der Waals surface area contributed by atoms with Crippen LogP contribution in [0.1, 0.15) is 32.8 Å².